The van der Waals surface area contributed by atoms with E-state index in [-0.39, 0.29) is 0 Å². The largest absolute Gasteiger partial charge is 0.492 e. The Morgan fingerprint density at radius 2 is 1.17 bits per heavy atom. The van der Waals surface area contributed by atoms with Crippen LogP contribution in [0.1, 0.15) is 19.3 Å². The Labute approximate surface area is 297 Å². The fourth-order valence-electron chi connectivity index (χ4n) is 5.41. The summed E-state index contributed by atoms with van der Waals surface area (Å²) < 4.78 is 55.3. The van der Waals surface area contributed by atoms with E-state index in [4.69, 9.17) is 31.9 Å². The first-order valence-electron chi connectivity index (χ1n) is 16.2. The van der Waals surface area contributed by atoms with Gasteiger partial charge in [0.2, 0.25) is 11.8 Å². The Bertz CT molecular complexity index is 2190. The smallest absolute Gasteiger partial charge is 0.261 e. The van der Waals surface area contributed by atoms with Gasteiger partial charge in [0, 0.05) is 18.7 Å². The van der Waals surface area contributed by atoms with Crippen molar-refractivity contribution in [3.05, 3.63) is 86.1 Å². The Morgan fingerprint density at radius 3 is 1.65 bits per heavy atom. The SMILES string of the molecule is CS(=O)(=O)O.c1cc(-c2cnco2)nc(-c2ncc(-c3cc(OCCN4CCCCC4)cc(-c4cnc(-c5cccc(-c6cnco6)n5)o4)n3)o2)c1. The summed E-state index contributed by atoms with van der Waals surface area (Å²) in [4.78, 5) is 33.5. The highest BCUT2D eigenvalue weighted by Gasteiger charge is 2.19. The molecule has 7 aromatic heterocycles. The second-order valence-electron chi connectivity index (χ2n) is 11.7. The standard InChI is InChI=1S/C34H28N8O5.CH4O3S/c1-2-10-42(11-3-1)12-13-43-22-14-27(31-18-37-33(46-31)25-8-4-6-23(39-25)29-16-35-20-44-29)41-28(15-22)32-19-38-34(47-32)26-9-5-7-24(40-26)30-17-36-21-45-30;1-5(2,3)4/h4-9,14-21H,1-3,10-13H2;1H3,(H,2,3,4). The summed E-state index contributed by atoms with van der Waals surface area (Å²) in [5.41, 5.74) is 3.35. The molecule has 0 unspecified atom stereocenters. The van der Waals surface area contributed by atoms with Crippen LogP contribution in [0.5, 0.6) is 5.75 Å². The molecule has 0 atom stereocenters. The molecule has 266 valence electrons. The molecule has 52 heavy (non-hydrogen) atoms. The van der Waals surface area contributed by atoms with Gasteiger partial charge in [0.25, 0.3) is 10.1 Å². The van der Waals surface area contributed by atoms with Crippen LogP contribution >= 0.6 is 0 Å². The predicted molar refractivity (Wildman–Crippen MR) is 186 cm³/mol. The lowest BCUT2D eigenvalue weighted by Gasteiger charge is -2.26. The summed E-state index contributed by atoms with van der Waals surface area (Å²) in [6.07, 6.45) is 13.6. The minimum atomic E-state index is -3.67. The van der Waals surface area contributed by atoms with E-state index in [2.05, 4.69) is 34.8 Å². The fourth-order valence-corrected chi connectivity index (χ4v) is 5.41. The highest BCUT2D eigenvalue weighted by atomic mass is 32.2. The molecule has 0 spiro atoms. The van der Waals surface area contributed by atoms with Gasteiger partial charge in [-0.2, -0.15) is 8.42 Å². The van der Waals surface area contributed by atoms with Crippen molar-refractivity contribution < 1.29 is 35.4 Å². The molecule has 1 N–H and O–H groups in total. The third-order valence-corrected chi connectivity index (χ3v) is 7.75. The van der Waals surface area contributed by atoms with E-state index in [0.717, 1.165) is 19.6 Å². The Balaban J connectivity index is 0.000000789. The van der Waals surface area contributed by atoms with Crippen molar-refractivity contribution in [1.29, 1.82) is 0 Å². The van der Waals surface area contributed by atoms with Crippen LogP contribution in [0.25, 0.3) is 69.0 Å². The van der Waals surface area contributed by atoms with Crippen LogP contribution in [0.3, 0.4) is 0 Å². The lowest BCUT2D eigenvalue weighted by molar-refractivity contribution is 0.183. The number of aromatic nitrogens is 7. The molecule has 1 aliphatic heterocycles. The zero-order chi connectivity index (χ0) is 35.9. The third-order valence-electron chi connectivity index (χ3n) is 7.75. The summed E-state index contributed by atoms with van der Waals surface area (Å²) in [6, 6.07) is 14.7. The normalized spacial score (nSPS) is 13.4. The maximum atomic E-state index is 9.19. The number of ether oxygens (including phenoxy) is 1. The zero-order valence-electron chi connectivity index (χ0n) is 27.8. The van der Waals surface area contributed by atoms with Gasteiger partial charge in [-0.1, -0.05) is 18.6 Å². The van der Waals surface area contributed by atoms with Crippen molar-refractivity contribution in [2.24, 2.45) is 0 Å². The molecule has 1 saturated heterocycles. The summed E-state index contributed by atoms with van der Waals surface area (Å²) in [7, 11) is -3.67. The Morgan fingerprint density at radius 1 is 0.692 bits per heavy atom. The molecular weight excluding hydrogens is 693 g/mol. The number of rotatable bonds is 10. The zero-order valence-corrected chi connectivity index (χ0v) is 28.6. The second-order valence-corrected chi connectivity index (χ2v) is 13.1. The van der Waals surface area contributed by atoms with Gasteiger partial charge in [0.1, 0.15) is 46.5 Å². The Kier molecular flexibility index (Phi) is 10.2. The molecule has 0 amide bonds. The van der Waals surface area contributed by atoms with E-state index < -0.39 is 10.1 Å². The van der Waals surface area contributed by atoms with Crippen molar-refractivity contribution in [2.45, 2.75) is 19.3 Å². The van der Waals surface area contributed by atoms with Crippen molar-refractivity contribution in [1.82, 2.24) is 39.8 Å². The number of hydrogen-bond acceptors (Lipinski definition) is 15. The predicted octanol–water partition coefficient (Wildman–Crippen LogP) is 6.19. The van der Waals surface area contributed by atoms with E-state index in [1.807, 2.05) is 48.5 Å². The topological polar surface area (TPSA) is 210 Å². The van der Waals surface area contributed by atoms with Crippen LogP contribution in [-0.4, -0.2) is 85.3 Å². The van der Waals surface area contributed by atoms with E-state index in [9.17, 15) is 8.42 Å². The van der Waals surface area contributed by atoms with E-state index in [0.29, 0.717) is 87.6 Å². The molecule has 1 aliphatic rings. The van der Waals surface area contributed by atoms with Crippen LogP contribution in [0.2, 0.25) is 0 Å². The van der Waals surface area contributed by atoms with Gasteiger partial charge < -0.3 is 22.4 Å². The van der Waals surface area contributed by atoms with Gasteiger partial charge >= 0.3 is 0 Å². The van der Waals surface area contributed by atoms with Gasteiger partial charge in [-0.3, -0.25) is 9.45 Å². The molecule has 0 aromatic carbocycles. The minimum absolute atomic E-state index is 0.334. The summed E-state index contributed by atoms with van der Waals surface area (Å²) in [6.45, 7) is 3.56. The third kappa shape index (κ3) is 8.81. The van der Waals surface area contributed by atoms with Gasteiger partial charge in [0.05, 0.1) is 31.0 Å². The van der Waals surface area contributed by atoms with E-state index in [1.165, 1.54) is 32.0 Å². The number of piperidine rings is 1. The van der Waals surface area contributed by atoms with Crippen LogP contribution in [-0.2, 0) is 10.1 Å². The summed E-state index contributed by atoms with van der Waals surface area (Å²) in [5.74, 6) is 3.26. The molecule has 8 rings (SSSR count). The van der Waals surface area contributed by atoms with Gasteiger partial charge in [0.15, 0.2) is 35.8 Å². The first-order valence-corrected chi connectivity index (χ1v) is 18.0. The summed E-state index contributed by atoms with van der Waals surface area (Å²) >= 11 is 0. The first kappa shape index (κ1) is 34.4. The van der Waals surface area contributed by atoms with Crippen molar-refractivity contribution in [2.75, 3.05) is 32.5 Å². The molecule has 16 nitrogen and oxygen atoms in total. The molecule has 8 heterocycles. The molecule has 7 aromatic rings. The van der Waals surface area contributed by atoms with E-state index in [1.54, 1.807) is 24.8 Å². The monoisotopic (exact) mass is 724 g/mol. The van der Waals surface area contributed by atoms with Crippen LogP contribution in [0.15, 0.2) is 104 Å². The van der Waals surface area contributed by atoms with Crippen molar-refractivity contribution in [3.8, 4) is 74.7 Å². The number of hydrogen-bond donors (Lipinski definition) is 1. The lowest BCUT2D eigenvalue weighted by Crippen LogP contribution is -2.33. The average Bonchev–Trinajstić information content (AvgIpc) is 4.00. The minimum Gasteiger partial charge on any atom is -0.492 e. The van der Waals surface area contributed by atoms with Crippen LogP contribution in [0.4, 0.5) is 0 Å². The maximum Gasteiger partial charge on any atom is 0.261 e. The molecule has 0 aliphatic carbocycles. The highest BCUT2D eigenvalue weighted by Crippen LogP contribution is 2.33. The highest BCUT2D eigenvalue weighted by molar-refractivity contribution is 7.85. The molecule has 0 saturated carbocycles. The quantitative estimate of drug-likeness (QED) is 0.156. The number of oxazole rings is 4. The average molecular weight is 725 g/mol. The summed E-state index contributed by atoms with van der Waals surface area (Å²) in [5, 5.41) is 0. The molecule has 1 fully saturated rings. The Hall–Kier alpha value is -6.04. The van der Waals surface area contributed by atoms with Crippen LogP contribution < -0.4 is 4.74 Å². The fraction of sp³-hybridized carbons (Fsp3) is 0.229. The first-order chi connectivity index (χ1) is 25.2. The van der Waals surface area contributed by atoms with Gasteiger partial charge in [-0.25, -0.2) is 34.9 Å². The molecular formula is C35H32N8O8S. The number of likely N-dealkylation sites (tertiary alicyclic amines) is 1. The lowest BCUT2D eigenvalue weighted by atomic mass is 10.1. The van der Waals surface area contributed by atoms with Crippen molar-refractivity contribution in [3.63, 3.8) is 0 Å². The maximum absolute atomic E-state index is 9.19. The molecule has 0 bridgehead atoms. The number of nitrogens with zero attached hydrogens (tertiary/aromatic N) is 8. The number of pyridine rings is 3. The van der Waals surface area contributed by atoms with Gasteiger partial charge in [-0.05, 0) is 50.2 Å². The van der Waals surface area contributed by atoms with Crippen LogP contribution in [0, 0.1) is 0 Å². The molecule has 0 radical (unpaired) electrons. The second kappa shape index (κ2) is 15.5. The van der Waals surface area contributed by atoms with Crippen molar-refractivity contribution >= 4 is 10.1 Å². The van der Waals surface area contributed by atoms with E-state index >= 15 is 0 Å². The molecule has 17 heteroatoms. The van der Waals surface area contributed by atoms with Gasteiger partial charge in [-0.15, -0.1) is 0 Å².